The molecular weight excluding hydrogens is 238 g/mol. The number of hydrogen-bond acceptors (Lipinski definition) is 3. The Labute approximate surface area is 106 Å². The van der Waals surface area contributed by atoms with Gasteiger partial charge in [-0.3, -0.25) is 0 Å². The third kappa shape index (κ3) is 2.79. The number of methoxy groups -OCH3 is 1. The number of hydrogen-bond donors (Lipinski definition) is 0. The third-order valence-electron chi connectivity index (χ3n) is 2.70. The van der Waals surface area contributed by atoms with Crippen molar-refractivity contribution in [1.82, 2.24) is 0 Å². The lowest BCUT2D eigenvalue weighted by molar-refractivity contribution is 0.119. The molecule has 0 radical (unpaired) electrons. The van der Waals surface area contributed by atoms with E-state index in [1.807, 2.05) is 37.3 Å². The van der Waals surface area contributed by atoms with Gasteiger partial charge in [-0.1, -0.05) is 30.3 Å². The Hall–Kier alpha value is -1.06. The first kappa shape index (κ1) is 12.4. The van der Waals surface area contributed by atoms with E-state index in [2.05, 4.69) is 4.99 Å². The number of aliphatic imine (C=N–C) groups is 1. The fourth-order valence-electron chi connectivity index (χ4n) is 1.89. The average Bonchev–Trinajstić information content (AvgIpc) is 2.75. The highest BCUT2D eigenvalue weighted by molar-refractivity contribution is 6.30. The lowest BCUT2D eigenvalue weighted by atomic mass is 10.0. The quantitative estimate of drug-likeness (QED) is 0.773. The van der Waals surface area contributed by atoms with Crippen LogP contribution in [0.2, 0.25) is 0 Å². The number of alkyl halides is 1. The summed E-state index contributed by atoms with van der Waals surface area (Å²) in [6.45, 7) is 2.39. The molecule has 0 N–H and O–H groups in total. The lowest BCUT2D eigenvalue weighted by Gasteiger charge is -2.17. The second kappa shape index (κ2) is 5.52. The maximum Gasteiger partial charge on any atom is 0.202 e. The highest BCUT2D eigenvalue weighted by atomic mass is 35.5. The van der Waals surface area contributed by atoms with Crippen molar-refractivity contribution in [3.63, 3.8) is 0 Å². The van der Waals surface area contributed by atoms with E-state index >= 15 is 0 Å². The molecule has 1 aromatic carbocycles. The van der Waals surface area contributed by atoms with E-state index in [-0.39, 0.29) is 17.5 Å². The summed E-state index contributed by atoms with van der Waals surface area (Å²) in [7, 11) is 1.67. The van der Waals surface area contributed by atoms with Crippen molar-refractivity contribution in [1.29, 1.82) is 0 Å². The molecule has 1 unspecified atom stereocenters. The van der Waals surface area contributed by atoms with Crippen molar-refractivity contribution in [3.05, 3.63) is 35.9 Å². The normalized spacial score (nSPS) is 25.2. The maximum atomic E-state index is 6.01. The molecular formula is C13H16ClNO2. The number of nitrogens with zero attached hydrogens (tertiary/aromatic N) is 1. The van der Waals surface area contributed by atoms with E-state index in [0.29, 0.717) is 12.5 Å². The van der Waals surface area contributed by atoms with Crippen LogP contribution in [0.25, 0.3) is 0 Å². The predicted octanol–water partition coefficient (Wildman–Crippen LogP) is 2.80. The Morgan fingerprint density at radius 3 is 2.71 bits per heavy atom. The van der Waals surface area contributed by atoms with Crippen LogP contribution in [0.4, 0.5) is 0 Å². The Kier molecular flexibility index (Phi) is 4.02. The Morgan fingerprint density at radius 1 is 1.41 bits per heavy atom. The van der Waals surface area contributed by atoms with Gasteiger partial charge in [0, 0.05) is 7.11 Å². The van der Waals surface area contributed by atoms with Gasteiger partial charge in [0.25, 0.3) is 0 Å². The average molecular weight is 254 g/mol. The minimum absolute atomic E-state index is 0.0152. The van der Waals surface area contributed by atoms with Crippen LogP contribution in [0.5, 0.6) is 0 Å². The fraction of sp³-hybridized carbons (Fsp3) is 0.462. The molecule has 92 valence electrons. The van der Waals surface area contributed by atoms with Crippen LogP contribution < -0.4 is 0 Å². The second-order valence-corrected chi connectivity index (χ2v) is 4.71. The molecule has 3 nitrogen and oxygen atoms in total. The maximum absolute atomic E-state index is 6.01. The molecule has 0 saturated carbocycles. The Balaban J connectivity index is 2.18. The van der Waals surface area contributed by atoms with Crippen LogP contribution in [-0.4, -0.2) is 31.0 Å². The second-order valence-electron chi connectivity index (χ2n) is 4.06. The molecule has 1 aliphatic rings. The van der Waals surface area contributed by atoms with Crippen molar-refractivity contribution < 1.29 is 9.47 Å². The van der Waals surface area contributed by atoms with Gasteiger partial charge in [-0.25, -0.2) is 4.99 Å². The molecule has 2 rings (SSSR count). The van der Waals surface area contributed by atoms with E-state index in [1.54, 1.807) is 7.11 Å². The van der Waals surface area contributed by atoms with E-state index in [0.717, 1.165) is 5.56 Å². The summed E-state index contributed by atoms with van der Waals surface area (Å²) >= 11 is 6.01. The molecule has 0 amide bonds. The first-order valence-electron chi connectivity index (χ1n) is 5.64. The molecule has 0 fully saturated rings. The first-order chi connectivity index (χ1) is 8.22. The molecule has 4 heteroatoms. The zero-order valence-corrected chi connectivity index (χ0v) is 10.7. The van der Waals surface area contributed by atoms with Crippen LogP contribution in [0.1, 0.15) is 18.6 Å². The molecule has 0 bridgehead atoms. The van der Waals surface area contributed by atoms with Gasteiger partial charge in [-0.05, 0) is 12.5 Å². The van der Waals surface area contributed by atoms with Gasteiger partial charge < -0.3 is 9.47 Å². The standard InChI is InChI=1S/C13H16ClNO2/c1-9(14)13-15-11(8-16-2)12(17-13)10-6-4-3-5-7-10/h3-7,9,11-12H,8H2,1-2H3/t9?,11-,12-/m0/s1. The summed E-state index contributed by atoms with van der Waals surface area (Å²) in [5.74, 6) is 0.600. The van der Waals surface area contributed by atoms with E-state index in [4.69, 9.17) is 21.1 Å². The Bertz CT molecular complexity index is 392. The van der Waals surface area contributed by atoms with Crippen LogP contribution in [-0.2, 0) is 9.47 Å². The van der Waals surface area contributed by atoms with E-state index < -0.39 is 0 Å². The van der Waals surface area contributed by atoms with Crippen LogP contribution in [0, 0.1) is 0 Å². The molecule has 0 spiro atoms. The molecule has 1 heterocycles. The van der Waals surface area contributed by atoms with Crippen molar-refractivity contribution in [2.45, 2.75) is 24.4 Å². The van der Waals surface area contributed by atoms with E-state index in [1.165, 1.54) is 0 Å². The zero-order valence-electron chi connectivity index (χ0n) is 9.97. The van der Waals surface area contributed by atoms with Crippen LogP contribution >= 0.6 is 11.6 Å². The minimum atomic E-state index is -0.205. The van der Waals surface area contributed by atoms with Gasteiger partial charge in [0.15, 0.2) is 0 Å². The summed E-state index contributed by atoms with van der Waals surface area (Å²) in [5.41, 5.74) is 1.10. The SMILES string of the molecule is COC[C@@H]1N=C(C(C)Cl)O[C@H]1c1ccccc1. The van der Waals surface area contributed by atoms with Gasteiger partial charge in [0.05, 0.1) is 6.61 Å². The molecule has 0 aromatic heterocycles. The predicted molar refractivity (Wildman–Crippen MR) is 68.7 cm³/mol. The van der Waals surface area contributed by atoms with E-state index in [9.17, 15) is 0 Å². The molecule has 1 aromatic rings. The van der Waals surface area contributed by atoms with Gasteiger partial charge in [0.2, 0.25) is 5.90 Å². The summed E-state index contributed by atoms with van der Waals surface area (Å²) < 4.78 is 11.0. The summed E-state index contributed by atoms with van der Waals surface area (Å²) in [5, 5.41) is -0.205. The smallest absolute Gasteiger partial charge is 0.202 e. The summed E-state index contributed by atoms with van der Waals surface area (Å²) in [6, 6.07) is 10.0. The molecule has 1 aliphatic heterocycles. The largest absolute Gasteiger partial charge is 0.469 e. The minimum Gasteiger partial charge on any atom is -0.469 e. The number of halogens is 1. The van der Waals surface area contributed by atoms with Gasteiger partial charge in [-0.15, -0.1) is 11.6 Å². The number of benzene rings is 1. The fourth-order valence-corrected chi connectivity index (χ4v) is 2.00. The van der Waals surface area contributed by atoms with Gasteiger partial charge in [0.1, 0.15) is 17.5 Å². The highest BCUT2D eigenvalue weighted by Crippen LogP contribution is 2.30. The molecule has 0 aliphatic carbocycles. The van der Waals surface area contributed by atoms with Crippen molar-refractivity contribution in [3.8, 4) is 0 Å². The van der Waals surface area contributed by atoms with Crippen molar-refractivity contribution >= 4 is 17.5 Å². The topological polar surface area (TPSA) is 30.8 Å². The first-order valence-corrected chi connectivity index (χ1v) is 6.08. The number of rotatable bonds is 4. The van der Waals surface area contributed by atoms with Crippen molar-refractivity contribution in [2.75, 3.05) is 13.7 Å². The summed E-state index contributed by atoms with van der Waals surface area (Å²) in [6.07, 6.45) is -0.0904. The van der Waals surface area contributed by atoms with Gasteiger partial charge in [-0.2, -0.15) is 0 Å². The van der Waals surface area contributed by atoms with Crippen molar-refractivity contribution in [2.24, 2.45) is 4.99 Å². The number of ether oxygens (including phenoxy) is 2. The monoisotopic (exact) mass is 253 g/mol. The molecule has 17 heavy (non-hydrogen) atoms. The van der Waals surface area contributed by atoms with Crippen LogP contribution in [0.3, 0.4) is 0 Å². The zero-order chi connectivity index (χ0) is 12.3. The third-order valence-corrected chi connectivity index (χ3v) is 2.88. The van der Waals surface area contributed by atoms with Crippen LogP contribution in [0.15, 0.2) is 35.3 Å². The highest BCUT2D eigenvalue weighted by Gasteiger charge is 2.33. The molecule has 3 atom stereocenters. The Morgan fingerprint density at radius 2 is 2.12 bits per heavy atom. The lowest BCUT2D eigenvalue weighted by Crippen LogP contribution is -2.19. The van der Waals surface area contributed by atoms with Gasteiger partial charge >= 0.3 is 0 Å². The molecule has 0 saturated heterocycles. The summed E-state index contributed by atoms with van der Waals surface area (Å²) in [4.78, 5) is 4.47.